The van der Waals surface area contributed by atoms with Gasteiger partial charge in [0.25, 0.3) is 0 Å². The van der Waals surface area contributed by atoms with Gasteiger partial charge in [0.05, 0.1) is 5.88 Å². The fourth-order valence-electron chi connectivity index (χ4n) is 1.89. The Kier molecular flexibility index (Phi) is 6.13. The van der Waals surface area contributed by atoms with Crippen LogP contribution in [0.15, 0.2) is 0 Å². The molecule has 1 aliphatic rings. The van der Waals surface area contributed by atoms with Gasteiger partial charge >= 0.3 is 0 Å². The number of nitrogens with two attached hydrogens (primary N) is 1. The van der Waals surface area contributed by atoms with Crippen molar-refractivity contribution in [2.75, 3.05) is 24.7 Å². The summed E-state index contributed by atoms with van der Waals surface area (Å²) < 4.78 is 0. The molecule has 0 saturated carbocycles. The normalized spacial score (nSPS) is 19.6. The highest BCUT2D eigenvalue weighted by atomic mass is 32.2. The van der Waals surface area contributed by atoms with E-state index in [-0.39, 0.29) is 17.9 Å². The van der Waals surface area contributed by atoms with E-state index in [1.54, 1.807) is 16.7 Å². The molecule has 110 valence electrons. The van der Waals surface area contributed by atoms with Crippen molar-refractivity contribution in [3.8, 4) is 0 Å². The molecule has 1 heterocycles. The van der Waals surface area contributed by atoms with Gasteiger partial charge in [0.1, 0.15) is 6.04 Å². The highest BCUT2D eigenvalue weighted by Gasteiger charge is 2.38. The molecule has 1 unspecified atom stereocenters. The molecule has 0 aromatic heterocycles. The molecule has 5 nitrogen and oxygen atoms in total. The molecule has 0 aromatic rings. The Morgan fingerprint density at radius 3 is 2.63 bits per heavy atom. The molecule has 0 aromatic carbocycles. The fourth-order valence-corrected chi connectivity index (χ4v) is 3.04. The highest BCUT2D eigenvalue weighted by Crippen LogP contribution is 2.27. The van der Waals surface area contributed by atoms with Gasteiger partial charge in [-0.1, -0.05) is 20.8 Å². The third kappa shape index (κ3) is 4.69. The average molecular weight is 287 g/mol. The first-order chi connectivity index (χ1) is 8.88. The minimum atomic E-state index is -0.441. The number of unbranched alkanes of at least 4 members (excludes halogenated alkanes) is 1. The van der Waals surface area contributed by atoms with E-state index in [0.717, 1.165) is 12.8 Å². The zero-order valence-electron chi connectivity index (χ0n) is 12.1. The zero-order valence-corrected chi connectivity index (χ0v) is 12.9. The van der Waals surface area contributed by atoms with Crippen LogP contribution in [-0.2, 0) is 9.59 Å². The molecule has 6 heteroatoms. The monoisotopic (exact) mass is 287 g/mol. The molecule has 1 atom stereocenters. The topological polar surface area (TPSA) is 75.4 Å². The van der Waals surface area contributed by atoms with Gasteiger partial charge < -0.3 is 16.0 Å². The second kappa shape index (κ2) is 7.14. The van der Waals surface area contributed by atoms with E-state index in [1.165, 1.54) is 0 Å². The average Bonchev–Trinajstić information content (AvgIpc) is 2.81. The van der Waals surface area contributed by atoms with Gasteiger partial charge in [-0.15, -0.1) is 11.8 Å². The standard InChI is InChI=1S/C13H25N3O2S/c1-13(2,3)12(18)16-9-19-8-10(16)11(17)15-7-5-4-6-14/h10H,4-9,14H2,1-3H3,(H,15,17). The highest BCUT2D eigenvalue weighted by molar-refractivity contribution is 7.99. The molecule has 0 radical (unpaired) electrons. The van der Waals surface area contributed by atoms with Gasteiger partial charge in [-0.25, -0.2) is 0 Å². The van der Waals surface area contributed by atoms with E-state index in [1.807, 2.05) is 20.8 Å². The third-order valence-electron chi connectivity index (χ3n) is 3.02. The van der Waals surface area contributed by atoms with Crippen molar-refractivity contribution in [3.05, 3.63) is 0 Å². The summed E-state index contributed by atoms with van der Waals surface area (Å²) >= 11 is 1.63. The van der Waals surface area contributed by atoms with Crippen molar-refractivity contribution in [2.45, 2.75) is 39.7 Å². The van der Waals surface area contributed by atoms with Crippen LogP contribution in [0, 0.1) is 5.41 Å². The van der Waals surface area contributed by atoms with Gasteiger partial charge in [-0.05, 0) is 19.4 Å². The predicted molar refractivity (Wildman–Crippen MR) is 78.7 cm³/mol. The van der Waals surface area contributed by atoms with Crippen LogP contribution in [0.5, 0.6) is 0 Å². The van der Waals surface area contributed by atoms with E-state index in [4.69, 9.17) is 5.73 Å². The van der Waals surface area contributed by atoms with Crippen LogP contribution in [-0.4, -0.2) is 47.5 Å². The van der Waals surface area contributed by atoms with E-state index in [2.05, 4.69) is 5.32 Å². The van der Waals surface area contributed by atoms with Gasteiger partial charge in [0.2, 0.25) is 11.8 Å². The van der Waals surface area contributed by atoms with Gasteiger partial charge in [-0.2, -0.15) is 0 Å². The molecule has 0 spiro atoms. The van der Waals surface area contributed by atoms with Gasteiger partial charge in [0, 0.05) is 17.7 Å². The van der Waals surface area contributed by atoms with E-state index in [9.17, 15) is 9.59 Å². The SMILES string of the molecule is CC(C)(C)C(=O)N1CSCC1C(=O)NCCCCN. The van der Waals surface area contributed by atoms with Crippen LogP contribution >= 0.6 is 11.8 Å². The summed E-state index contributed by atoms with van der Waals surface area (Å²) in [6, 6.07) is -0.324. The number of hydrogen-bond acceptors (Lipinski definition) is 4. The Bertz CT molecular complexity index is 328. The second-order valence-corrected chi connectivity index (χ2v) is 6.83. The van der Waals surface area contributed by atoms with Crippen molar-refractivity contribution in [1.29, 1.82) is 0 Å². The lowest BCUT2D eigenvalue weighted by atomic mass is 9.94. The summed E-state index contributed by atoms with van der Waals surface area (Å²) in [4.78, 5) is 26.1. The third-order valence-corrected chi connectivity index (χ3v) is 4.03. The number of nitrogens with zero attached hydrogens (tertiary/aromatic N) is 1. The number of hydrogen-bond donors (Lipinski definition) is 2. The maximum absolute atomic E-state index is 12.3. The quantitative estimate of drug-likeness (QED) is 0.733. The maximum atomic E-state index is 12.3. The predicted octanol–water partition coefficient (Wildman–Crippen LogP) is 0.789. The van der Waals surface area contributed by atoms with Crippen molar-refractivity contribution < 1.29 is 9.59 Å². The van der Waals surface area contributed by atoms with Crippen molar-refractivity contribution >= 4 is 23.6 Å². The molecular formula is C13H25N3O2S. The largest absolute Gasteiger partial charge is 0.354 e. The molecular weight excluding hydrogens is 262 g/mol. The van der Waals surface area contributed by atoms with Crippen LogP contribution in [0.1, 0.15) is 33.6 Å². The lowest BCUT2D eigenvalue weighted by Gasteiger charge is -2.29. The van der Waals surface area contributed by atoms with Gasteiger partial charge in [0.15, 0.2) is 0 Å². The van der Waals surface area contributed by atoms with E-state index >= 15 is 0 Å². The molecule has 1 fully saturated rings. The van der Waals surface area contributed by atoms with Crippen LogP contribution in [0.3, 0.4) is 0 Å². The van der Waals surface area contributed by atoms with Gasteiger partial charge in [-0.3, -0.25) is 9.59 Å². The number of carbonyl (C=O) groups is 2. The molecule has 2 amide bonds. The lowest BCUT2D eigenvalue weighted by molar-refractivity contribution is -0.144. The van der Waals surface area contributed by atoms with Crippen molar-refractivity contribution in [1.82, 2.24) is 10.2 Å². The Labute approximate surface area is 119 Å². The summed E-state index contributed by atoms with van der Waals surface area (Å²) in [6.07, 6.45) is 1.79. The van der Waals surface area contributed by atoms with Crippen LogP contribution in [0.4, 0.5) is 0 Å². The summed E-state index contributed by atoms with van der Waals surface area (Å²) in [5.74, 6) is 1.29. The molecule has 19 heavy (non-hydrogen) atoms. The molecule has 3 N–H and O–H groups in total. The number of amides is 2. The van der Waals surface area contributed by atoms with E-state index < -0.39 is 5.41 Å². The minimum absolute atomic E-state index is 0.0413. The Morgan fingerprint density at radius 2 is 2.05 bits per heavy atom. The smallest absolute Gasteiger partial charge is 0.243 e. The number of thioether (sulfide) groups is 1. The lowest BCUT2D eigenvalue weighted by Crippen LogP contribution is -2.50. The molecule has 1 saturated heterocycles. The first-order valence-electron chi connectivity index (χ1n) is 6.74. The molecule has 0 aliphatic carbocycles. The van der Waals surface area contributed by atoms with Crippen molar-refractivity contribution in [3.63, 3.8) is 0 Å². The van der Waals surface area contributed by atoms with Crippen LogP contribution in [0.25, 0.3) is 0 Å². The summed E-state index contributed by atoms with van der Waals surface area (Å²) in [5, 5.41) is 2.89. The second-order valence-electron chi connectivity index (χ2n) is 5.83. The first-order valence-corrected chi connectivity index (χ1v) is 7.90. The maximum Gasteiger partial charge on any atom is 0.243 e. The fraction of sp³-hybridized carbons (Fsp3) is 0.846. The van der Waals surface area contributed by atoms with E-state index in [0.29, 0.717) is 24.7 Å². The number of rotatable bonds is 5. The summed E-state index contributed by atoms with van der Waals surface area (Å²) in [7, 11) is 0. The number of carbonyl (C=O) groups excluding carboxylic acids is 2. The Hall–Kier alpha value is -0.750. The first kappa shape index (κ1) is 16.3. The Balaban J connectivity index is 2.51. The van der Waals surface area contributed by atoms with Crippen molar-refractivity contribution in [2.24, 2.45) is 11.1 Å². The summed E-state index contributed by atoms with van der Waals surface area (Å²) in [5.41, 5.74) is 4.97. The molecule has 1 aliphatic heterocycles. The molecule has 0 bridgehead atoms. The van der Waals surface area contributed by atoms with Crippen LogP contribution in [0.2, 0.25) is 0 Å². The zero-order chi connectivity index (χ0) is 14.5. The summed E-state index contributed by atoms with van der Waals surface area (Å²) in [6.45, 7) is 6.93. The van der Waals surface area contributed by atoms with Crippen LogP contribution < -0.4 is 11.1 Å². The Morgan fingerprint density at radius 1 is 1.37 bits per heavy atom. The number of nitrogens with one attached hydrogen (secondary N) is 1. The minimum Gasteiger partial charge on any atom is -0.354 e. The molecule has 1 rings (SSSR count).